The third kappa shape index (κ3) is 5.76. The van der Waals surface area contributed by atoms with Crippen LogP contribution in [-0.4, -0.2) is 36.4 Å². The van der Waals surface area contributed by atoms with Gasteiger partial charge in [-0.25, -0.2) is 0 Å². The van der Waals surface area contributed by atoms with Gasteiger partial charge in [0.1, 0.15) is 17.8 Å². The minimum atomic E-state index is -4.64. The fourth-order valence-electron chi connectivity index (χ4n) is 1.12. The molecule has 0 aromatic rings. The van der Waals surface area contributed by atoms with Crippen LogP contribution < -0.4 is 5.73 Å². The first-order valence-electron chi connectivity index (χ1n) is 5.10. The molecule has 3 atom stereocenters. The molecule has 2 N–H and O–H groups in total. The summed E-state index contributed by atoms with van der Waals surface area (Å²) in [4.78, 5) is 30.6. The summed E-state index contributed by atoms with van der Waals surface area (Å²) in [6.45, 7) is 3.40. The van der Waals surface area contributed by atoms with E-state index in [0.717, 1.165) is 0 Å². The lowest BCUT2D eigenvalue weighted by Crippen LogP contribution is -2.45. The van der Waals surface area contributed by atoms with E-state index in [9.17, 15) is 22.8 Å². The molecule has 5 nitrogen and oxygen atoms in total. The molecule has 0 bridgehead atoms. The summed E-state index contributed by atoms with van der Waals surface area (Å²) in [6, 6.07) is -0.481. The largest absolute Gasteiger partial charge is 0.461 e. The predicted octanol–water partition coefficient (Wildman–Crippen LogP) is 0.602. The lowest BCUT2D eigenvalue weighted by atomic mass is 9.91. The van der Waals surface area contributed by atoms with E-state index < -0.39 is 18.5 Å². The van der Waals surface area contributed by atoms with Crippen LogP contribution in [0.3, 0.4) is 0 Å². The van der Waals surface area contributed by atoms with Crippen LogP contribution in [0.25, 0.3) is 0 Å². The summed E-state index contributed by atoms with van der Waals surface area (Å²) in [5.41, 5.74) is 5.35. The van der Waals surface area contributed by atoms with Crippen LogP contribution in [0.1, 0.15) is 20.3 Å². The highest BCUT2D eigenvalue weighted by molar-refractivity contribution is 5.89. The first kappa shape index (κ1) is 16.6. The molecule has 1 fully saturated rings. The Morgan fingerprint density at radius 3 is 2.22 bits per heavy atom. The first-order valence-corrected chi connectivity index (χ1v) is 5.10. The molecule has 0 spiro atoms. The Balaban J connectivity index is 0.000000411. The molecule has 18 heavy (non-hydrogen) atoms. The molecule has 1 saturated heterocycles. The van der Waals surface area contributed by atoms with Crippen molar-refractivity contribution in [2.24, 2.45) is 11.7 Å². The van der Waals surface area contributed by atoms with Crippen LogP contribution >= 0.6 is 0 Å². The second-order valence-corrected chi connectivity index (χ2v) is 3.87. The highest BCUT2D eigenvalue weighted by atomic mass is 19.4. The Morgan fingerprint density at radius 2 is 2.00 bits per heavy atom. The van der Waals surface area contributed by atoms with Gasteiger partial charge in [-0.2, -0.15) is 13.2 Å². The van der Waals surface area contributed by atoms with Gasteiger partial charge in [0.2, 0.25) is 6.29 Å². The zero-order valence-electron chi connectivity index (χ0n) is 9.86. The molecule has 1 aliphatic rings. The number of rotatable bonds is 3. The number of hydrogen-bond acceptors (Lipinski definition) is 5. The van der Waals surface area contributed by atoms with E-state index in [1.165, 1.54) is 0 Å². The minimum Gasteiger partial charge on any atom is -0.461 e. The van der Waals surface area contributed by atoms with Crippen LogP contribution in [-0.2, 0) is 19.1 Å². The molecular weight excluding hydrogens is 255 g/mol. The monoisotopic (exact) mass is 269 g/mol. The molecule has 0 aromatic carbocycles. The van der Waals surface area contributed by atoms with Crippen molar-refractivity contribution in [3.8, 4) is 0 Å². The molecule has 0 radical (unpaired) electrons. The van der Waals surface area contributed by atoms with E-state index in [2.05, 4.69) is 0 Å². The fraction of sp³-hybridized carbons (Fsp3) is 0.700. The third-order valence-electron chi connectivity index (χ3n) is 2.23. The van der Waals surface area contributed by atoms with E-state index in [1.807, 2.05) is 0 Å². The second kappa shape index (κ2) is 6.48. The van der Waals surface area contributed by atoms with E-state index >= 15 is 0 Å². The summed E-state index contributed by atoms with van der Waals surface area (Å²) in [5, 5.41) is 0. The zero-order chi connectivity index (χ0) is 14.5. The Bertz CT molecular complexity index is 328. The van der Waals surface area contributed by atoms with Gasteiger partial charge in [0, 0.05) is 6.42 Å². The van der Waals surface area contributed by atoms with Crippen LogP contribution in [0.5, 0.6) is 0 Å². The van der Waals surface area contributed by atoms with Gasteiger partial charge in [-0.05, 0) is 13.8 Å². The van der Waals surface area contributed by atoms with Crippen LogP contribution in [0, 0.1) is 5.92 Å². The van der Waals surface area contributed by atoms with Crippen molar-refractivity contribution in [2.75, 3.05) is 0 Å². The second-order valence-electron chi connectivity index (χ2n) is 3.87. The highest BCUT2D eigenvalue weighted by Gasteiger charge is 2.40. The number of halogens is 3. The summed E-state index contributed by atoms with van der Waals surface area (Å²) < 4.78 is 36.0. The Morgan fingerprint density at radius 1 is 1.56 bits per heavy atom. The van der Waals surface area contributed by atoms with Crippen LogP contribution in [0.15, 0.2) is 0 Å². The molecule has 104 valence electrons. The number of ketones is 1. The van der Waals surface area contributed by atoms with Gasteiger partial charge >= 0.3 is 12.1 Å². The quantitative estimate of drug-likeness (QED) is 0.599. The van der Waals surface area contributed by atoms with E-state index in [4.69, 9.17) is 15.3 Å². The number of alkyl halides is 3. The lowest BCUT2D eigenvalue weighted by molar-refractivity contribution is -0.183. The van der Waals surface area contributed by atoms with Crippen molar-refractivity contribution >= 4 is 18.0 Å². The number of carbonyl (C=O) groups is 3. The fourth-order valence-corrected chi connectivity index (χ4v) is 1.12. The smallest absolute Gasteiger partial charge is 0.446 e. The summed E-state index contributed by atoms with van der Waals surface area (Å²) in [7, 11) is 0. The number of esters is 1. The molecular formula is C10H14F3NO4. The van der Waals surface area contributed by atoms with Crippen molar-refractivity contribution < 1.29 is 32.3 Å². The van der Waals surface area contributed by atoms with Crippen LogP contribution in [0.4, 0.5) is 13.2 Å². The molecule has 1 aliphatic heterocycles. The van der Waals surface area contributed by atoms with Crippen molar-refractivity contribution in [1.82, 2.24) is 0 Å². The van der Waals surface area contributed by atoms with Crippen molar-refractivity contribution in [3.63, 3.8) is 0 Å². The molecule has 0 aliphatic carbocycles. The minimum absolute atomic E-state index is 0.0801. The van der Waals surface area contributed by atoms with Gasteiger partial charge in [-0.15, -0.1) is 0 Å². The van der Waals surface area contributed by atoms with E-state index in [1.54, 1.807) is 13.8 Å². The third-order valence-corrected chi connectivity index (χ3v) is 2.23. The average molecular weight is 269 g/mol. The molecule has 8 heteroatoms. The van der Waals surface area contributed by atoms with Gasteiger partial charge in [0.05, 0.1) is 6.04 Å². The Kier molecular flexibility index (Phi) is 5.96. The van der Waals surface area contributed by atoms with E-state index in [-0.39, 0.29) is 30.2 Å². The molecule has 1 rings (SSSR count). The van der Waals surface area contributed by atoms with Crippen molar-refractivity contribution in [3.05, 3.63) is 0 Å². The number of Topliss-reactive ketones (excluding diaryl/α,β-unsaturated/α-hetero) is 1. The number of aldehydes is 1. The SMILES string of the molecule is C[C@H](N)C(=O)C[C@@H]1C(=O)O[C@@H]1C.O=CC(F)(F)F. The number of carbonyl (C=O) groups excluding carboxylic acids is 3. The number of cyclic esters (lactones) is 1. The number of hydrogen-bond donors (Lipinski definition) is 1. The molecule has 1 heterocycles. The van der Waals surface area contributed by atoms with Crippen LogP contribution in [0.2, 0.25) is 0 Å². The maximum absolute atomic E-state index is 11.1. The lowest BCUT2D eigenvalue weighted by Gasteiger charge is -2.32. The van der Waals surface area contributed by atoms with Gasteiger partial charge in [-0.3, -0.25) is 14.4 Å². The van der Waals surface area contributed by atoms with E-state index in [0.29, 0.717) is 0 Å². The van der Waals surface area contributed by atoms with Gasteiger partial charge in [-0.1, -0.05) is 0 Å². The van der Waals surface area contributed by atoms with Gasteiger partial charge in [0.25, 0.3) is 0 Å². The number of ether oxygens (including phenoxy) is 1. The Labute approximate surface area is 101 Å². The molecule has 0 saturated carbocycles. The van der Waals surface area contributed by atoms with Crippen molar-refractivity contribution in [2.45, 2.75) is 38.6 Å². The molecule has 0 aromatic heterocycles. The zero-order valence-corrected chi connectivity index (χ0v) is 9.86. The topological polar surface area (TPSA) is 86.5 Å². The molecule has 0 unspecified atom stereocenters. The highest BCUT2D eigenvalue weighted by Crippen LogP contribution is 2.25. The summed E-state index contributed by atoms with van der Waals surface area (Å²) >= 11 is 0. The van der Waals surface area contributed by atoms with Crippen molar-refractivity contribution in [1.29, 1.82) is 0 Å². The van der Waals surface area contributed by atoms with Gasteiger partial charge < -0.3 is 10.5 Å². The summed E-state index contributed by atoms with van der Waals surface area (Å²) in [5.74, 6) is -0.622. The first-order chi connectivity index (χ1) is 8.08. The summed E-state index contributed by atoms with van der Waals surface area (Å²) in [6.07, 6.45) is -5.61. The normalized spacial score (nSPS) is 24.0. The Hall–Kier alpha value is -1.44. The maximum atomic E-state index is 11.1. The standard InChI is InChI=1S/C8H13NO3.C2HF3O/c1-4(9)7(10)3-6-5(2)12-8(6)11;3-2(4,5)1-6/h4-6H,3,9H2,1-2H3;1H/t4-,5+,6-;/m0./s1. The van der Waals surface area contributed by atoms with Gasteiger partial charge in [0.15, 0.2) is 0 Å². The molecule has 0 amide bonds. The number of nitrogens with two attached hydrogens (primary N) is 1. The average Bonchev–Trinajstić information content (AvgIpc) is 2.25. The predicted molar refractivity (Wildman–Crippen MR) is 54.4 cm³/mol. The maximum Gasteiger partial charge on any atom is 0.446 e.